The summed E-state index contributed by atoms with van der Waals surface area (Å²) in [5.74, 6) is 1.46. The number of rotatable bonds is 4. The summed E-state index contributed by atoms with van der Waals surface area (Å²) in [6, 6.07) is 0. The van der Waals surface area contributed by atoms with Crippen molar-refractivity contribution in [3.05, 3.63) is 12.3 Å². The molecule has 0 aromatic rings. The zero-order valence-corrected chi connectivity index (χ0v) is 11.1. The zero-order valence-electron chi connectivity index (χ0n) is 11.1. The topological polar surface area (TPSA) is 3.24 Å². The van der Waals surface area contributed by atoms with Gasteiger partial charge in [0.25, 0.3) is 0 Å². The van der Waals surface area contributed by atoms with Gasteiger partial charge in [0.1, 0.15) is 0 Å². The van der Waals surface area contributed by atoms with Crippen molar-refractivity contribution in [3.63, 3.8) is 0 Å². The minimum absolute atomic E-state index is 0.368. The van der Waals surface area contributed by atoms with Gasteiger partial charge < -0.3 is 4.90 Å². The van der Waals surface area contributed by atoms with Crippen LogP contribution in [0.25, 0.3) is 0 Å². The minimum atomic E-state index is 0.368. The third-order valence-electron chi connectivity index (χ3n) is 4.42. The number of allylic oxidation sites excluding steroid dienone is 1. The van der Waals surface area contributed by atoms with Crippen molar-refractivity contribution in [3.8, 4) is 0 Å². The number of unbranched alkanes of at least 4 members (excludes halogenated alkanes) is 1. The standard InChI is InChI=1S/C14H27N/c1-7-8-9-14(11(2)3)12(4)10-13(5)15(14)6/h11-12H,5,7-10H2,1-4,6H3. The SMILES string of the molecule is C=C1CC(C)C(CCCC)(C(C)C)N1C. The molecule has 0 amide bonds. The lowest BCUT2D eigenvalue weighted by Crippen LogP contribution is -2.49. The van der Waals surface area contributed by atoms with E-state index >= 15 is 0 Å². The van der Waals surface area contributed by atoms with Gasteiger partial charge in [0.05, 0.1) is 0 Å². The largest absolute Gasteiger partial charge is 0.372 e. The Hall–Kier alpha value is -0.460. The molecule has 0 bridgehead atoms. The summed E-state index contributed by atoms with van der Waals surface area (Å²) in [7, 11) is 2.24. The van der Waals surface area contributed by atoms with Gasteiger partial charge in [-0.3, -0.25) is 0 Å². The fourth-order valence-corrected chi connectivity index (χ4v) is 3.41. The van der Waals surface area contributed by atoms with Gasteiger partial charge in [-0.25, -0.2) is 0 Å². The van der Waals surface area contributed by atoms with Crippen molar-refractivity contribution in [2.24, 2.45) is 11.8 Å². The van der Waals surface area contributed by atoms with E-state index in [0.29, 0.717) is 11.5 Å². The molecule has 1 nitrogen and oxygen atoms in total. The fraction of sp³-hybridized carbons (Fsp3) is 0.857. The molecular formula is C14H27N. The van der Waals surface area contributed by atoms with Crippen molar-refractivity contribution >= 4 is 0 Å². The van der Waals surface area contributed by atoms with E-state index in [2.05, 4.69) is 46.2 Å². The second kappa shape index (κ2) is 4.59. The first-order valence-electron chi connectivity index (χ1n) is 6.38. The van der Waals surface area contributed by atoms with Crippen molar-refractivity contribution in [1.29, 1.82) is 0 Å². The first kappa shape index (κ1) is 12.6. The van der Waals surface area contributed by atoms with Crippen LogP contribution in [0.3, 0.4) is 0 Å². The first-order valence-corrected chi connectivity index (χ1v) is 6.38. The Kier molecular flexibility index (Phi) is 3.86. The van der Waals surface area contributed by atoms with E-state index in [1.54, 1.807) is 0 Å². The van der Waals surface area contributed by atoms with Crippen LogP contribution in [0.4, 0.5) is 0 Å². The highest BCUT2D eigenvalue weighted by molar-refractivity contribution is 5.14. The van der Waals surface area contributed by atoms with Gasteiger partial charge in [0, 0.05) is 18.3 Å². The number of hydrogen-bond acceptors (Lipinski definition) is 1. The van der Waals surface area contributed by atoms with E-state index in [4.69, 9.17) is 0 Å². The molecule has 15 heavy (non-hydrogen) atoms. The van der Waals surface area contributed by atoms with Crippen molar-refractivity contribution in [1.82, 2.24) is 4.90 Å². The molecule has 1 saturated heterocycles. The third kappa shape index (κ3) is 1.93. The van der Waals surface area contributed by atoms with Crippen LogP contribution in [0.15, 0.2) is 12.3 Å². The molecule has 1 heterocycles. The summed E-state index contributed by atoms with van der Waals surface area (Å²) >= 11 is 0. The molecule has 0 radical (unpaired) electrons. The summed E-state index contributed by atoms with van der Waals surface area (Å²) in [6.07, 6.45) is 5.12. The van der Waals surface area contributed by atoms with Gasteiger partial charge in [-0.05, 0) is 24.7 Å². The monoisotopic (exact) mass is 209 g/mol. The van der Waals surface area contributed by atoms with E-state index in [9.17, 15) is 0 Å². The van der Waals surface area contributed by atoms with Crippen LogP contribution in [0.1, 0.15) is 53.4 Å². The van der Waals surface area contributed by atoms with E-state index in [-0.39, 0.29) is 0 Å². The average Bonchev–Trinajstić information content (AvgIpc) is 2.37. The molecular weight excluding hydrogens is 182 g/mol. The molecule has 0 aromatic heterocycles. The molecule has 0 spiro atoms. The predicted molar refractivity (Wildman–Crippen MR) is 67.8 cm³/mol. The highest BCUT2D eigenvalue weighted by Gasteiger charge is 2.47. The fourth-order valence-electron chi connectivity index (χ4n) is 3.41. The van der Waals surface area contributed by atoms with Crippen LogP contribution in [0, 0.1) is 11.8 Å². The number of nitrogens with zero attached hydrogens (tertiary/aromatic N) is 1. The molecule has 1 fully saturated rings. The van der Waals surface area contributed by atoms with E-state index in [1.807, 2.05) is 0 Å². The highest BCUT2D eigenvalue weighted by Crippen LogP contribution is 2.47. The molecule has 0 saturated carbocycles. The molecule has 0 aromatic carbocycles. The van der Waals surface area contributed by atoms with E-state index in [1.165, 1.54) is 31.4 Å². The molecule has 88 valence electrons. The van der Waals surface area contributed by atoms with Crippen molar-refractivity contribution < 1.29 is 0 Å². The van der Waals surface area contributed by atoms with Gasteiger partial charge in [-0.2, -0.15) is 0 Å². The Balaban J connectivity index is 2.93. The zero-order chi connectivity index (χ0) is 11.6. The van der Waals surface area contributed by atoms with Gasteiger partial charge >= 0.3 is 0 Å². The lowest BCUT2D eigenvalue weighted by atomic mass is 9.73. The van der Waals surface area contributed by atoms with E-state index < -0.39 is 0 Å². The maximum absolute atomic E-state index is 4.20. The lowest BCUT2D eigenvalue weighted by Gasteiger charge is -2.44. The number of likely N-dealkylation sites (tertiary alicyclic amines) is 1. The summed E-state index contributed by atoms with van der Waals surface area (Å²) in [5.41, 5.74) is 1.69. The summed E-state index contributed by atoms with van der Waals surface area (Å²) in [5, 5.41) is 0. The Morgan fingerprint density at radius 1 is 1.53 bits per heavy atom. The molecule has 1 aliphatic heterocycles. The van der Waals surface area contributed by atoms with Crippen LogP contribution in [0.5, 0.6) is 0 Å². The molecule has 1 rings (SSSR count). The smallest absolute Gasteiger partial charge is 0.0447 e. The highest BCUT2D eigenvalue weighted by atomic mass is 15.2. The molecule has 1 heteroatoms. The quantitative estimate of drug-likeness (QED) is 0.675. The van der Waals surface area contributed by atoms with Crippen LogP contribution in [-0.2, 0) is 0 Å². The maximum Gasteiger partial charge on any atom is 0.0447 e. The molecule has 0 aliphatic carbocycles. The lowest BCUT2D eigenvalue weighted by molar-refractivity contribution is 0.0796. The predicted octanol–water partition coefficient (Wildman–Crippen LogP) is 4.06. The molecule has 1 aliphatic rings. The molecule has 2 atom stereocenters. The van der Waals surface area contributed by atoms with Gasteiger partial charge in [-0.1, -0.05) is 47.1 Å². The van der Waals surface area contributed by atoms with Gasteiger partial charge in [0.15, 0.2) is 0 Å². The Labute approximate surface area is 95.5 Å². The maximum atomic E-state index is 4.20. The first-order chi connectivity index (χ1) is 6.96. The van der Waals surface area contributed by atoms with Crippen molar-refractivity contribution in [2.45, 2.75) is 58.9 Å². The molecule has 2 unspecified atom stereocenters. The van der Waals surface area contributed by atoms with Gasteiger partial charge in [-0.15, -0.1) is 0 Å². The average molecular weight is 209 g/mol. The van der Waals surface area contributed by atoms with Crippen LogP contribution in [-0.4, -0.2) is 17.5 Å². The van der Waals surface area contributed by atoms with Crippen LogP contribution in [0.2, 0.25) is 0 Å². The van der Waals surface area contributed by atoms with E-state index in [0.717, 1.165) is 5.92 Å². The Bertz CT molecular complexity index is 231. The summed E-state index contributed by atoms with van der Waals surface area (Å²) in [6.45, 7) is 13.6. The summed E-state index contributed by atoms with van der Waals surface area (Å²) in [4.78, 5) is 2.47. The Morgan fingerprint density at radius 2 is 2.13 bits per heavy atom. The Morgan fingerprint density at radius 3 is 2.47 bits per heavy atom. The minimum Gasteiger partial charge on any atom is -0.372 e. The normalized spacial score (nSPS) is 31.7. The van der Waals surface area contributed by atoms with Gasteiger partial charge in [0.2, 0.25) is 0 Å². The summed E-state index contributed by atoms with van der Waals surface area (Å²) < 4.78 is 0. The molecule has 0 N–H and O–H groups in total. The second-order valence-electron chi connectivity index (χ2n) is 5.48. The second-order valence-corrected chi connectivity index (χ2v) is 5.48. The van der Waals surface area contributed by atoms with Crippen molar-refractivity contribution in [2.75, 3.05) is 7.05 Å². The van der Waals surface area contributed by atoms with Crippen LogP contribution >= 0.6 is 0 Å². The van der Waals surface area contributed by atoms with Crippen LogP contribution < -0.4 is 0 Å². The third-order valence-corrected chi connectivity index (χ3v) is 4.42. The number of hydrogen-bond donors (Lipinski definition) is 0.